The molecule has 144 valence electrons. The van der Waals surface area contributed by atoms with Gasteiger partial charge in [-0.15, -0.1) is 11.3 Å². The van der Waals surface area contributed by atoms with Gasteiger partial charge in [0.2, 0.25) is 5.91 Å². The first-order valence-electron chi connectivity index (χ1n) is 9.31. The third-order valence-electron chi connectivity index (χ3n) is 5.03. The van der Waals surface area contributed by atoms with E-state index in [1.807, 2.05) is 39.0 Å². The number of nitrogens with zero attached hydrogens (tertiary/aromatic N) is 2. The number of carbonyl (C=O) groups is 2. The number of nitrogens with one attached hydrogen (secondary N) is 2. The van der Waals surface area contributed by atoms with Crippen molar-refractivity contribution < 1.29 is 9.59 Å². The Morgan fingerprint density at radius 1 is 1.04 bits per heavy atom. The van der Waals surface area contributed by atoms with Crippen LogP contribution in [-0.2, 0) is 4.79 Å². The van der Waals surface area contributed by atoms with Crippen molar-refractivity contribution in [1.82, 2.24) is 9.97 Å². The minimum atomic E-state index is -0.170. The molecule has 6 nitrogen and oxygen atoms in total. The van der Waals surface area contributed by atoms with Crippen LogP contribution in [0.15, 0.2) is 18.2 Å². The molecule has 0 bridgehead atoms. The smallest absolute Gasteiger partial charge is 0.266 e. The molecule has 0 atom stereocenters. The van der Waals surface area contributed by atoms with Crippen molar-refractivity contribution in [3.05, 3.63) is 45.7 Å². The third kappa shape index (κ3) is 3.38. The van der Waals surface area contributed by atoms with Crippen molar-refractivity contribution in [1.29, 1.82) is 0 Å². The number of fused-ring (bicyclic) bond motifs is 1. The second kappa shape index (κ2) is 6.98. The van der Waals surface area contributed by atoms with E-state index in [0.29, 0.717) is 22.2 Å². The summed E-state index contributed by atoms with van der Waals surface area (Å²) < 4.78 is 0. The van der Waals surface area contributed by atoms with E-state index >= 15 is 0 Å². The normalized spacial score (nSPS) is 13.6. The van der Waals surface area contributed by atoms with Gasteiger partial charge in [0.25, 0.3) is 5.91 Å². The highest BCUT2D eigenvalue weighted by Gasteiger charge is 2.28. The van der Waals surface area contributed by atoms with E-state index in [2.05, 4.69) is 15.6 Å². The minimum absolute atomic E-state index is 0.146. The molecule has 0 aliphatic heterocycles. The zero-order chi connectivity index (χ0) is 20.0. The van der Waals surface area contributed by atoms with Gasteiger partial charge in [-0.1, -0.05) is 6.07 Å². The number of hydrogen-bond donors (Lipinski definition) is 2. The highest BCUT2D eigenvalue weighted by Crippen LogP contribution is 2.40. The molecule has 2 amide bonds. The molecule has 0 spiro atoms. The maximum absolute atomic E-state index is 13.0. The van der Waals surface area contributed by atoms with E-state index in [9.17, 15) is 9.59 Å². The van der Waals surface area contributed by atoms with Crippen molar-refractivity contribution in [2.24, 2.45) is 0 Å². The van der Waals surface area contributed by atoms with Gasteiger partial charge in [-0.2, -0.15) is 0 Å². The van der Waals surface area contributed by atoms with Crippen LogP contribution in [0.2, 0.25) is 0 Å². The first kappa shape index (κ1) is 18.6. The lowest BCUT2D eigenvalue weighted by atomic mass is 10.1. The SMILES string of the molecule is CC(=O)Nc1cccc(NC(=O)c2sc3nc(C4CC4)nc(C)c3c2C)c1C. The number of benzene rings is 1. The highest BCUT2D eigenvalue weighted by molar-refractivity contribution is 7.20. The van der Waals surface area contributed by atoms with Crippen LogP contribution in [0.25, 0.3) is 10.2 Å². The Labute approximate surface area is 167 Å². The summed E-state index contributed by atoms with van der Waals surface area (Å²) in [5, 5.41) is 6.74. The number of anilines is 2. The van der Waals surface area contributed by atoms with Crippen LogP contribution in [0.5, 0.6) is 0 Å². The van der Waals surface area contributed by atoms with Crippen molar-refractivity contribution >= 4 is 44.7 Å². The summed E-state index contributed by atoms with van der Waals surface area (Å²) in [7, 11) is 0. The minimum Gasteiger partial charge on any atom is -0.326 e. The molecule has 0 radical (unpaired) electrons. The predicted molar refractivity (Wildman–Crippen MR) is 112 cm³/mol. The van der Waals surface area contributed by atoms with Gasteiger partial charge in [-0.25, -0.2) is 9.97 Å². The van der Waals surface area contributed by atoms with Gasteiger partial charge >= 0.3 is 0 Å². The monoisotopic (exact) mass is 394 g/mol. The molecule has 1 aromatic carbocycles. The number of hydrogen-bond acceptors (Lipinski definition) is 5. The molecule has 7 heteroatoms. The molecule has 1 fully saturated rings. The van der Waals surface area contributed by atoms with Gasteiger partial charge in [0.1, 0.15) is 10.7 Å². The van der Waals surface area contributed by atoms with Crippen molar-refractivity contribution in [3.63, 3.8) is 0 Å². The Bertz CT molecular complexity index is 1120. The standard InChI is InChI=1S/C21H22N4O2S/c1-10-15(23-13(4)26)6-5-7-16(10)24-20(27)18-11(2)17-12(3)22-19(14-8-9-14)25-21(17)28-18/h5-7,14H,8-9H2,1-4H3,(H,23,26)(H,24,27). The molecule has 3 aromatic rings. The summed E-state index contributed by atoms with van der Waals surface area (Å²) in [6, 6.07) is 5.45. The molecule has 28 heavy (non-hydrogen) atoms. The number of rotatable bonds is 4. The third-order valence-corrected chi connectivity index (χ3v) is 6.21. The maximum Gasteiger partial charge on any atom is 0.266 e. The number of aromatic nitrogens is 2. The summed E-state index contributed by atoms with van der Waals surface area (Å²) in [5.74, 6) is 1.06. The number of amides is 2. The van der Waals surface area contributed by atoms with Gasteiger partial charge in [-0.3, -0.25) is 9.59 Å². The molecule has 0 saturated heterocycles. The van der Waals surface area contributed by atoms with Crippen LogP contribution in [0.4, 0.5) is 11.4 Å². The Balaban J connectivity index is 1.67. The molecule has 1 saturated carbocycles. The summed E-state index contributed by atoms with van der Waals surface area (Å²) in [4.78, 5) is 35.3. The first-order chi connectivity index (χ1) is 13.3. The molecule has 1 aliphatic rings. The zero-order valence-corrected chi connectivity index (χ0v) is 17.2. The molecule has 0 unspecified atom stereocenters. The van der Waals surface area contributed by atoms with Gasteiger partial charge < -0.3 is 10.6 Å². The summed E-state index contributed by atoms with van der Waals surface area (Å²) in [6.07, 6.45) is 2.29. The van der Waals surface area contributed by atoms with E-state index in [1.54, 1.807) is 0 Å². The summed E-state index contributed by atoms with van der Waals surface area (Å²) in [5.41, 5.74) is 4.03. The lowest BCUT2D eigenvalue weighted by molar-refractivity contribution is -0.114. The maximum atomic E-state index is 13.0. The molecule has 2 heterocycles. The van der Waals surface area contributed by atoms with Crippen molar-refractivity contribution in [2.45, 2.75) is 46.5 Å². The average Bonchev–Trinajstić information content (AvgIpc) is 3.42. The fourth-order valence-electron chi connectivity index (χ4n) is 3.38. The lowest BCUT2D eigenvalue weighted by Gasteiger charge is -2.12. The Hall–Kier alpha value is -2.80. The van der Waals surface area contributed by atoms with Crippen LogP contribution in [0.3, 0.4) is 0 Å². The quantitative estimate of drug-likeness (QED) is 0.671. The zero-order valence-electron chi connectivity index (χ0n) is 16.3. The van der Waals surface area contributed by atoms with Crippen molar-refractivity contribution in [2.75, 3.05) is 10.6 Å². The fourth-order valence-corrected chi connectivity index (χ4v) is 4.51. The van der Waals surface area contributed by atoms with Crippen molar-refractivity contribution in [3.8, 4) is 0 Å². The second-order valence-electron chi connectivity index (χ2n) is 7.29. The highest BCUT2D eigenvalue weighted by atomic mass is 32.1. The van der Waals surface area contributed by atoms with E-state index in [1.165, 1.54) is 18.3 Å². The second-order valence-corrected chi connectivity index (χ2v) is 8.29. The number of aryl methyl sites for hydroxylation is 2. The number of thiophene rings is 1. The molecule has 2 aromatic heterocycles. The summed E-state index contributed by atoms with van der Waals surface area (Å²) in [6.45, 7) is 7.26. The van der Waals surface area contributed by atoms with Crippen LogP contribution in [0, 0.1) is 20.8 Å². The van der Waals surface area contributed by atoms with Gasteiger partial charge in [0.05, 0.1) is 10.6 Å². The van der Waals surface area contributed by atoms with Gasteiger partial charge in [0.15, 0.2) is 0 Å². The van der Waals surface area contributed by atoms with Gasteiger partial charge in [0, 0.05) is 29.6 Å². The molecule has 4 rings (SSSR count). The first-order valence-corrected chi connectivity index (χ1v) is 10.1. The lowest BCUT2D eigenvalue weighted by Crippen LogP contribution is -2.14. The predicted octanol–water partition coefficient (Wildman–Crippen LogP) is 4.70. The topological polar surface area (TPSA) is 84.0 Å². The van der Waals surface area contributed by atoms with Crippen LogP contribution >= 0.6 is 11.3 Å². The van der Waals surface area contributed by atoms with Gasteiger partial charge in [-0.05, 0) is 56.9 Å². The number of carbonyl (C=O) groups excluding carboxylic acids is 2. The Morgan fingerprint density at radius 3 is 2.36 bits per heavy atom. The molecular formula is C21H22N4O2S. The van der Waals surface area contributed by atoms with Crippen LogP contribution in [-0.4, -0.2) is 21.8 Å². The Morgan fingerprint density at radius 2 is 1.71 bits per heavy atom. The van der Waals surface area contributed by atoms with E-state index in [0.717, 1.165) is 45.7 Å². The summed E-state index contributed by atoms with van der Waals surface area (Å²) >= 11 is 1.41. The van der Waals surface area contributed by atoms with E-state index in [4.69, 9.17) is 4.98 Å². The molecular weight excluding hydrogens is 372 g/mol. The molecule has 2 N–H and O–H groups in total. The molecule has 1 aliphatic carbocycles. The van der Waals surface area contributed by atoms with Crippen LogP contribution < -0.4 is 10.6 Å². The largest absolute Gasteiger partial charge is 0.326 e. The van der Waals surface area contributed by atoms with Crippen LogP contribution in [0.1, 0.15) is 58.0 Å². The fraction of sp³-hybridized carbons (Fsp3) is 0.333. The van der Waals surface area contributed by atoms with E-state index in [-0.39, 0.29) is 11.8 Å². The Kier molecular flexibility index (Phi) is 4.63. The average molecular weight is 395 g/mol. The van der Waals surface area contributed by atoms with E-state index < -0.39 is 0 Å².